The molecule has 2 aromatic carbocycles. The van der Waals surface area contributed by atoms with Crippen molar-refractivity contribution in [3.8, 4) is 16.9 Å². The van der Waals surface area contributed by atoms with Crippen molar-refractivity contribution in [2.24, 2.45) is 0 Å². The van der Waals surface area contributed by atoms with Gasteiger partial charge in [-0.15, -0.1) is 0 Å². The minimum Gasteiger partial charge on any atom is -0.486 e. The highest BCUT2D eigenvalue weighted by Crippen LogP contribution is 2.33. The van der Waals surface area contributed by atoms with E-state index in [-0.39, 0.29) is 12.2 Å². The monoisotopic (exact) mass is 302 g/mol. The number of benzene rings is 2. The van der Waals surface area contributed by atoms with Gasteiger partial charge in [0.25, 0.3) is 0 Å². The molecule has 1 aliphatic carbocycles. The maximum absolute atomic E-state index is 9.99. The third-order valence-electron chi connectivity index (χ3n) is 3.99. The van der Waals surface area contributed by atoms with Gasteiger partial charge < -0.3 is 9.84 Å². The zero-order valence-corrected chi connectivity index (χ0v) is 12.6. The minimum atomic E-state index is -0.386. The maximum atomic E-state index is 9.99. The van der Waals surface area contributed by atoms with Gasteiger partial charge in [0.2, 0.25) is 0 Å². The molecule has 21 heavy (non-hydrogen) atoms. The molecule has 0 unspecified atom stereocenters. The fourth-order valence-electron chi connectivity index (χ4n) is 2.78. The van der Waals surface area contributed by atoms with Crippen molar-refractivity contribution in [1.29, 1.82) is 0 Å². The lowest BCUT2D eigenvalue weighted by molar-refractivity contribution is 0.00694. The molecule has 0 aliphatic heterocycles. The van der Waals surface area contributed by atoms with Crippen molar-refractivity contribution in [3.05, 3.63) is 53.6 Å². The summed E-state index contributed by atoms with van der Waals surface area (Å²) in [5.41, 5.74) is 2.20. The van der Waals surface area contributed by atoms with Crippen molar-refractivity contribution in [2.75, 3.05) is 0 Å². The molecule has 1 aliphatic rings. The Bertz CT molecular complexity index is 597. The van der Waals surface area contributed by atoms with Gasteiger partial charge in [-0.1, -0.05) is 54.4 Å². The standard InChI is InChI=1S/C18H19ClO2/c19-15-12-14(13-6-2-1-3-7-13)10-11-17(15)21-18-9-5-4-8-16(18)20/h1-3,6-7,10-12,16,18,20H,4-5,8-9H2/t16-,18-/m0/s1. The van der Waals surface area contributed by atoms with Crippen LogP contribution < -0.4 is 4.74 Å². The average Bonchev–Trinajstić information content (AvgIpc) is 2.52. The second kappa shape index (κ2) is 6.50. The van der Waals surface area contributed by atoms with E-state index in [1.54, 1.807) is 0 Å². The van der Waals surface area contributed by atoms with E-state index in [9.17, 15) is 5.11 Å². The van der Waals surface area contributed by atoms with Crippen LogP contribution >= 0.6 is 11.6 Å². The van der Waals surface area contributed by atoms with E-state index in [1.165, 1.54) is 0 Å². The van der Waals surface area contributed by atoms with E-state index in [0.29, 0.717) is 10.8 Å². The molecule has 3 rings (SSSR count). The summed E-state index contributed by atoms with van der Waals surface area (Å²) in [7, 11) is 0. The molecule has 2 atom stereocenters. The van der Waals surface area contributed by atoms with Crippen molar-refractivity contribution in [2.45, 2.75) is 37.9 Å². The lowest BCUT2D eigenvalue weighted by Gasteiger charge is -2.28. The fourth-order valence-corrected chi connectivity index (χ4v) is 3.01. The maximum Gasteiger partial charge on any atom is 0.138 e. The van der Waals surface area contributed by atoms with Crippen molar-refractivity contribution in [1.82, 2.24) is 0 Å². The lowest BCUT2D eigenvalue weighted by Crippen LogP contribution is -2.34. The first kappa shape index (κ1) is 14.4. The van der Waals surface area contributed by atoms with Gasteiger partial charge in [0.1, 0.15) is 11.9 Å². The Morgan fingerprint density at radius 3 is 2.43 bits per heavy atom. The van der Waals surface area contributed by atoms with E-state index in [0.717, 1.165) is 36.8 Å². The van der Waals surface area contributed by atoms with E-state index >= 15 is 0 Å². The third kappa shape index (κ3) is 3.39. The SMILES string of the molecule is O[C@H]1CCCC[C@@H]1Oc1ccc(-c2ccccc2)cc1Cl. The van der Waals surface area contributed by atoms with Crippen LogP contribution in [0.15, 0.2) is 48.5 Å². The van der Waals surface area contributed by atoms with Gasteiger partial charge in [0.15, 0.2) is 0 Å². The fraction of sp³-hybridized carbons (Fsp3) is 0.333. The number of rotatable bonds is 3. The molecule has 0 radical (unpaired) electrons. The van der Waals surface area contributed by atoms with Gasteiger partial charge >= 0.3 is 0 Å². The second-order valence-corrected chi connectivity index (χ2v) is 5.93. The van der Waals surface area contributed by atoms with E-state index in [1.807, 2.05) is 36.4 Å². The highest BCUT2D eigenvalue weighted by atomic mass is 35.5. The first-order valence-corrected chi connectivity index (χ1v) is 7.81. The molecule has 1 fully saturated rings. The van der Waals surface area contributed by atoms with Crippen LogP contribution in [-0.2, 0) is 0 Å². The molecule has 0 amide bonds. The Kier molecular flexibility index (Phi) is 4.47. The number of aliphatic hydroxyl groups is 1. The molecule has 2 nitrogen and oxygen atoms in total. The minimum absolute atomic E-state index is 0.140. The van der Waals surface area contributed by atoms with Crippen LogP contribution in [0, 0.1) is 0 Å². The number of halogens is 1. The molecule has 0 heterocycles. The number of hydrogen-bond donors (Lipinski definition) is 1. The summed E-state index contributed by atoms with van der Waals surface area (Å²) < 4.78 is 5.91. The van der Waals surface area contributed by atoms with Gasteiger partial charge in [-0.2, -0.15) is 0 Å². The first-order valence-electron chi connectivity index (χ1n) is 7.44. The van der Waals surface area contributed by atoms with Crippen molar-refractivity contribution < 1.29 is 9.84 Å². The zero-order valence-electron chi connectivity index (χ0n) is 11.8. The summed E-state index contributed by atoms with van der Waals surface area (Å²) in [6.07, 6.45) is 3.34. The summed E-state index contributed by atoms with van der Waals surface area (Å²) in [5, 5.41) is 10.6. The highest BCUT2D eigenvalue weighted by molar-refractivity contribution is 6.32. The van der Waals surface area contributed by atoms with Crippen LogP contribution in [0.25, 0.3) is 11.1 Å². The van der Waals surface area contributed by atoms with Crippen LogP contribution in [0.5, 0.6) is 5.75 Å². The predicted octanol–water partition coefficient (Wildman–Crippen LogP) is 4.69. The van der Waals surface area contributed by atoms with Crippen LogP contribution in [0.1, 0.15) is 25.7 Å². The lowest BCUT2D eigenvalue weighted by atomic mass is 9.95. The Hall–Kier alpha value is -1.51. The molecule has 2 aromatic rings. The molecule has 1 N–H and O–H groups in total. The summed E-state index contributed by atoms with van der Waals surface area (Å²) in [6, 6.07) is 15.9. The van der Waals surface area contributed by atoms with E-state index in [2.05, 4.69) is 12.1 Å². The van der Waals surface area contributed by atoms with Gasteiger partial charge in [0.05, 0.1) is 11.1 Å². The molecule has 1 saturated carbocycles. The first-order chi connectivity index (χ1) is 10.2. The molecule has 0 bridgehead atoms. The van der Waals surface area contributed by atoms with E-state index in [4.69, 9.17) is 16.3 Å². The van der Waals surface area contributed by atoms with Crippen molar-refractivity contribution in [3.63, 3.8) is 0 Å². The Morgan fingerprint density at radius 2 is 1.71 bits per heavy atom. The number of aliphatic hydroxyl groups excluding tert-OH is 1. The molecular formula is C18H19ClO2. The van der Waals surface area contributed by atoms with Crippen LogP contribution in [0.3, 0.4) is 0 Å². The Balaban J connectivity index is 1.78. The highest BCUT2D eigenvalue weighted by Gasteiger charge is 2.25. The average molecular weight is 303 g/mol. The normalized spacial score (nSPS) is 22.0. The largest absolute Gasteiger partial charge is 0.486 e. The number of hydrogen-bond acceptors (Lipinski definition) is 2. The molecular weight excluding hydrogens is 284 g/mol. The molecule has 3 heteroatoms. The summed E-state index contributed by atoms with van der Waals surface area (Å²) >= 11 is 6.34. The molecule has 0 spiro atoms. The third-order valence-corrected chi connectivity index (χ3v) is 4.28. The summed E-state index contributed by atoms with van der Waals surface area (Å²) in [6.45, 7) is 0. The van der Waals surface area contributed by atoms with Gasteiger partial charge in [0, 0.05) is 0 Å². The predicted molar refractivity (Wildman–Crippen MR) is 85.8 cm³/mol. The van der Waals surface area contributed by atoms with Crippen molar-refractivity contribution >= 4 is 11.6 Å². The van der Waals surface area contributed by atoms with Gasteiger partial charge in [-0.05, 0) is 42.5 Å². The number of ether oxygens (including phenoxy) is 1. The topological polar surface area (TPSA) is 29.5 Å². The molecule has 110 valence electrons. The van der Waals surface area contributed by atoms with Crippen LogP contribution in [0.2, 0.25) is 5.02 Å². The Labute approximate surface area is 130 Å². The smallest absolute Gasteiger partial charge is 0.138 e. The van der Waals surface area contributed by atoms with Gasteiger partial charge in [-0.25, -0.2) is 0 Å². The summed E-state index contributed by atoms with van der Waals surface area (Å²) in [5.74, 6) is 0.655. The zero-order chi connectivity index (χ0) is 14.7. The van der Waals surface area contributed by atoms with Gasteiger partial charge in [-0.3, -0.25) is 0 Å². The summed E-state index contributed by atoms with van der Waals surface area (Å²) in [4.78, 5) is 0. The van der Waals surface area contributed by atoms with Crippen LogP contribution in [0.4, 0.5) is 0 Å². The molecule has 0 saturated heterocycles. The second-order valence-electron chi connectivity index (χ2n) is 5.52. The van der Waals surface area contributed by atoms with E-state index < -0.39 is 0 Å². The molecule has 0 aromatic heterocycles. The van der Waals surface area contributed by atoms with Crippen LogP contribution in [-0.4, -0.2) is 17.3 Å². The quantitative estimate of drug-likeness (QED) is 0.891. The Morgan fingerprint density at radius 1 is 0.952 bits per heavy atom.